The fraction of sp³-hybridized carbons (Fsp3) is 1.00. The zero-order valence-corrected chi connectivity index (χ0v) is 34.8. The average Bonchev–Trinajstić information content (AvgIpc) is 3.65. The van der Waals surface area contributed by atoms with Crippen molar-refractivity contribution < 1.29 is 17.9 Å². The standard InChI is InChI=1S/2C16H33NP2.ClH.Ir.2H/c2*1-13-5-6-14(2)18(13)11-9-17-10-12-19-15(3)7-8-16(19)4;;;;/h2*13-17H,5-12H2,1-4H3;1H;;;/q;;;+1;;/p+1/t2*13-,14-,15-,16-;;;;/m11..../s1. The van der Waals surface area contributed by atoms with Crippen molar-refractivity contribution in [3.8, 4) is 0 Å². The Bertz CT molecular complexity index is 518. The Morgan fingerprint density at radius 3 is 1.07 bits per heavy atom. The normalized spacial score (nSPS) is 35.6. The molecule has 0 amide bonds. The maximum atomic E-state index is 4.69. The second-order valence-corrected chi connectivity index (χ2v) is 27.7. The summed E-state index contributed by atoms with van der Waals surface area (Å²) in [5, 5.41) is 7.53. The fourth-order valence-corrected chi connectivity index (χ4v) is 21.5. The predicted octanol–water partition coefficient (Wildman–Crippen LogP) is 8.98. The molecule has 4 fully saturated rings. The maximum absolute atomic E-state index is 4.69. The van der Waals surface area contributed by atoms with E-state index in [1.165, 1.54) is 120 Å². The van der Waals surface area contributed by atoms with Crippen molar-refractivity contribution in [3.05, 3.63) is 0 Å². The van der Waals surface area contributed by atoms with Crippen molar-refractivity contribution in [1.29, 1.82) is 0 Å². The van der Waals surface area contributed by atoms with Crippen LogP contribution in [0.2, 0.25) is 0 Å². The molecule has 2 nitrogen and oxygen atoms in total. The van der Waals surface area contributed by atoms with Crippen LogP contribution in [0.4, 0.5) is 0 Å². The molecule has 8 heteroatoms. The monoisotopic (exact) mass is 834 g/mol. The Kier molecular flexibility index (Phi) is 20.7. The summed E-state index contributed by atoms with van der Waals surface area (Å²) in [5.74, 6) is 0. The zero-order chi connectivity index (χ0) is 29.7. The van der Waals surface area contributed by atoms with Gasteiger partial charge in [-0.15, -0.1) is 0 Å². The molecule has 40 heavy (non-hydrogen) atoms. The minimum absolute atomic E-state index is 0.0421. The molecule has 0 bridgehead atoms. The van der Waals surface area contributed by atoms with Gasteiger partial charge in [-0.05, 0) is 127 Å². The van der Waals surface area contributed by atoms with Crippen LogP contribution in [0.3, 0.4) is 0 Å². The Hall–Kier alpha value is 2.58. The SMILES string of the molecule is C[C@@H]1CC[C@@H](C)P1CCNCCP1[C@H](C)CC[C@H]1C.C[C@@H]1CC[C@@H](C)[PH+]1CCNCC[PH+]1[C@H](C)CC[C@H]1C.[Cl][IrH2]. The molecule has 4 saturated heterocycles. The molecule has 0 aromatic carbocycles. The molecule has 0 saturated carbocycles. The molecule has 2 N–H and O–H groups in total. The third kappa shape index (κ3) is 12.8. The first-order chi connectivity index (χ1) is 19.2. The Labute approximate surface area is 271 Å². The molecule has 4 rings (SSSR count). The third-order valence-electron chi connectivity index (χ3n) is 11.1. The number of nitrogens with one attached hydrogen (secondary N) is 2. The van der Waals surface area contributed by atoms with Gasteiger partial charge >= 0.3 is 27.5 Å². The van der Waals surface area contributed by atoms with Crippen LogP contribution in [0.1, 0.15) is 107 Å². The van der Waals surface area contributed by atoms with Crippen LogP contribution in [-0.4, -0.2) is 96.1 Å². The first kappa shape index (κ1) is 38.8. The van der Waals surface area contributed by atoms with Crippen LogP contribution in [0.15, 0.2) is 0 Å². The third-order valence-corrected chi connectivity index (χ3v) is 26.1. The summed E-state index contributed by atoms with van der Waals surface area (Å²) in [6.07, 6.45) is 18.0. The first-order valence-electron chi connectivity index (χ1n) is 17.0. The van der Waals surface area contributed by atoms with Gasteiger partial charge < -0.3 is 10.6 Å². The van der Waals surface area contributed by atoms with Gasteiger partial charge in [-0.3, -0.25) is 0 Å². The van der Waals surface area contributed by atoms with E-state index in [1.54, 1.807) is 0 Å². The van der Waals surface area contributed by atoms with Crippen LogP contribution < -0.4 is 10.6 Å². The molecule has 4 heterocycles. The van der Waals surface area contributed by atoms with Crippen molar-refractivity contribution in [2.24, 2.45) is 0 Å². The van der Waals surface area contributed by atoms with Crippen LogP contribution in [0, 0.1) is 0 Å². The minimum atomic E-state index is -0.0421. The molecule has 0 aromatic rings. The van der Waals surface area contributed by atoms with Gasteiger partial charge in [0.05, 0.1) is 35.0 Å². The van der Waals surface area contributed by atoms with Gasteiger partial charge in [0, 0.05) is 28.9 Å². The van der Waals surface area contributed by atoms with Gasteiger partial charge in [0.2, 0.25) is 0 Å². The van der Waals surface area contributed by atoms with E-state index in [0.717, 1.165) is 45.3 Å². The molecule has 0 aliphatic carbocycles. The molecule has 0 aromatic heterocycles. The Morgan fingerprint density at radius 2 is 0.775 bits per heavy atom. The number of halogens is 1. The van der Waals surface area contributed by atoms with E-state index in [4.69, 9.17) is 9.58 Å². The van der Waals surface area contributed by atoms with Crippen molar-refractivity contribution in [1.82, 2.24) is 10.6 Å². The van der Waals surface area contributed by atoms with Gasteiger partial charge in [0.1, 0.15) is 0 Å². The van der Waals surface area contributed by atoms with Gasteiger partial charge in [-0.25, -0.2) is 0 Å². The number of hydrogen-bond acceptors (Lipinski definition) is 2. The first-order valence-corrected chi connectivity index (χ1v) is 27.4. The van der Waals surface area contributed by atoms with Crippen LogP contribution >= 0.6 is 41.3 Å². The topological polar surface area (TPSA) is 24.1 Å². The average molecular weight is 834 g/mol. The van der Waals surface area contributed by atoms with E-state index in [0.29, 0.717) is 15.8 Å². The molecule has 4 aliphatic rings. The van der Waals surface area contributed by atoms with Crippen molar-refractivity contribution >= 4 is 41.3 Å². The molecule has 0 unspecified atom stereocenters. The van der Waals surface area contributed by atoms with E-state index < -0.39 is 0 Å². The van der Waals surface area contributed by atoms with Gasteiger partial charge in [0.25, 0.3) is 0 Å². The van der Waals surface area contributed by atoms with Crippen LogP contribution in [0.25, 0.3) is 0 Å². The summed E-state index contributed by atoms with van der Waals surface area (Å²) in [5.41, 5.74) is 8.42. The van der Waals surface area contributed by atoms with Crippen molar-refractivity contribution in [2.45, 2.75) is 152 Å². The van der Waals surface area contributed by atoms with E-state index >= 15 is 0 Å². The van der Waals surface area contributed by atoms with Crippen molar-refractivity contribution in [3.63, 3.8) is 0 Å². The summed E-state index contributed by atoms with van der Waals surface area (Å²) in [6, 6.07) is 0. The molecular formula is C32H70ClIrN2P4+2. The van der Waals surface area contributed by atoms with Gasteiger partial charge in [-0.2, -0.15) is 0 Å². The molecule has 242 valence electrons. The van der Waals surface area contributed by atoms with E-state index in [-0.39, 0.29) is 15.8 Å². The zero-order valence-electron chi connectivity index (χ0n) is 27.6. The molecule has 4 aliphatic heterocycles. The second kappa shape index (κ2) is 21.4. The Balaban J connectivity index is 0.000000264. The summed E-state index contributed by atoms with van der Waals surface area (Å²) < 4.78 is 0. The molecular weight excluding hydrogens is 764 g/mol. The van der Waals surface area contributed by atoms with Gasteiger partial charge in [0.15, 0.2) is 0 Å². The molecule has 0 spiro atoms. The summed E-state index contributed by atoms with van der Waals surface area (Å²) in [4.78, 5) is 0. The number of hydrogen-bond donors (Lipinski definition) is 2. The quantitative estimate of drug-likeness (QED) is 0.152. The van der Waals surface area contributed by atoms with Crippen LogP contribution in [-0.2, 0) is 17.9 Å². The Morgan fingerprint density at radius 1 is 0.500 bits per heavy atom. The summed E-state index contributed by atoms with van der Waals surface area (Å²) >= 11 is 1.19. The fourth-order valence-electron chi connectivity index (χ4n) is 8.21. The van der Waals surface area contributed by atoms with Crippen LogP contribution in [0.5, 0.6) is 0 Å². The van der Waals surface area contributed by atoms with Crippen molar-refractivity contribution in [2.75, 3.05) is 50.8 Å². The van der Waals surface area contributed by atoms with Gasteiger partial charge in [-0.1, -0.05) is 43.5 Å². The van der Waals surface area contributed by atoms with E-state index in [2.05, 4.69) is 66.0 Å². The molecule has 8 atom stereocenters. The second-order valence-electron chi connectivity index (χ2n) is 13.9. The molecule has 0 radical (unpaired) electrons. The summed E-state index contributed by atoms with van der Waals surface area (Å²) in [7, 11) is 5.27. The van der Waals surface area contributed by atoms with E-state index in [1.807, 2.05) is 0 Å². The predicted molar refractivity (Wildman–Crippen MR) is 197 cm³/mol. The number of rotatable bonds is 12. The summed E-state index contributed by atoms with van der Waals surface area (Å²) in [6.45, 7) is 25.1. The van der Waals surface area contributed by atoms with E-state index in [9.17, 15) is 0 Å².